The summed E-state index contributed by atoms with van der Waals surface area (Å²) in [6, 6.07) is 4.17. The van der Waals surface area contributed by atoms with Crippen molar-refractivity contribution in [3.8, 4) is 0 Å². The molecule has 1 fully saturated rings. The number of likely N-dealkylation sites (N-methyl/N-ethyl adjacent to an activating group) is 1. The first-order valence-electron chi connectivity index (χ1n) is 7.34. The first kappa shape index (κ1) is 15.4. The standard InChI is InChI=1S/C16H24F2N2/c1-16(2,20-10-5-4-6-11-20)15(19-3)12-8-7-9-13(17)14(12)18/h7-9,15,19H,4-6,10-11H2,1-3H3. The third-order valence-electron chi connectivity index (χ3n) is 4.46. The molecule has 2 nitrogen and oxygen atoms in total. The summed E-state index contributed by atoms with van der Waals surface area (Å²) in [7, 11) is 1.81. The van der Waals surface area contributed by atoms with E-state index in [1.165, 1.54) is 25.3 Å². The largest absolute Gasteiger partial charge is 0.311 e. The molecule has 112 valence electrons. The van der Waals surface area contributed by atoms with Gasteiger partial charge in [0.15, 0.2) is 11.6 Å². The van der Waals surface area contributed by atoms with Crippen molar-refractivity contribution >= 4 is 0 Å². The Balaban J connectivity index is 2.32. The topological polar surface area (TPSA) is 15.3 Å². The molecule has 1 heterocycles. The maximum atomic E-state index is 14.1. The fourth-order valence-corrected chi connectivity index (χ4v) is 3.29. The van der Waals surface area contributed by atoms with Gasteiger partial charge in [0, 0.05) is 11.1 Å². The number of halogens is 2. The Hall–Kier alpha value is -1.00. The van der Waals surface area contributed by atoms with Crippen LogP contribution in [-0.4, -0.2) is 30.6 Å². The van der Waals surface area contributed by atoms with E-state index in [-0.39, 0.29) is 11.6 Å². The van der Waals surface area contributed by atoms with Gasteiger partial charge in [-0.2, -0.15) is 0 Å². The fraction of sp³-hybridized carbons (Fsp3) is 0.625. The molecule has 0 spiro atoms. The second kappa shape index (κ2) is 6.19. The van der Waals surface area contributed by atoms with E-state index < -0.39 is 11.6 Å². The first-order chi connectivity index (χ1) is 9.48. The van der Waals surface area contributed by atoms with Gasteiger partial charge in [-0.15, -0.1) is 0 Å². The van der Waals surface area contributed by atoms with Gasteiger partial charge >= 0.3 is 0 Å². The van der Waals surface area contributed by atoms with Crippen LogP contribution in [-0.2, 0) is 0 Å². The van der Waals surface area contributed by atoms with E-state index in [0.29, 0.717) is 5.56 Å². The van der Waals surface area contributed by atoms with Crippen molar-refractivity contribution in [2.45, 2.75) is 44.7 Å². The summed E-state index contributed by atoms with van der Waals surface area (Å²) in [4.78, 5) is 2.38. The average Bonchev–Trinajstić information content (AvgIpc) is 2.45. The maximum Gasteiger partial charge on any atom is 0.163 e. The molecule has 1 N–H and O–H groups in total. The van der Waals surface area contributed by atoms with Crippen molar-refractivity contribution in [3.63, 3.8) is 0 Å². The normalized spacial score (nSPS) is 19.1. The molecule has 1 aromatic rings. The predicted molar refractivity (Wildman–Crippen MR) is 77.7 cm³/mol. The molecular formula is C16H24F2N2. The highest BCUT2D eigenvalue weighted by Gasteiger charge is 2.37. The molecule has 0 saturated carbocycles. The minimum atomic E-state index is -0.780. The lowest BCUT2D eigenvalue weighted by Crippen LogP contribution is -2.54. The Morgan fingerprint density at radius 3 is 2.40 bits per heavy atom. The van der Waals surface area contributed by atoms with Crippen LogP contribution in [0.1, 0.15) is 44.7 Å². The summed E-state index contributed by atoms with van der Waals surface area (Å²) in [5, 5.41) is 3.18. The Kier molecular flexibility index (Phi) is 4.76. The number of piperidine rings is 1. The van der Waals surface area contributed by atoms with Crippen LogP contribution in [0, 0.1) is 11.6 Å². The van der Waals surface area contributed by atoms with Crippen LogP contribution < -0.4 is 5.32 Å². The van der Waals surface area contributed by atoms with Crippen LogP contribution >= 0.6 is 0 Å². The zero-order valence-electron chi connectivity index (χ0n) is 12.5. The van der Waals surface area contributed by atoms with Crippen LogP contribution in [0.15, 0.2) is 18.2 Å². The van der Waals surface area contributed by atoms with Crippen LogP contribution in [0.5, 0.6) is 0 Å². The van der Waals surface area contributed by atoms with Gasteiger partial charge in [0.2, 0.25) is 0 Å². The van der Waals surface area contributed by atoms with Crippen molar-refractivity contribution < 1.29 is 8.78 Å². The van der Waals surface area contributed by atoms with Crippen LogP contribution in [0.25, 0.3) is 0 Å². The van der Waals surface area contributed by atoms with Crippen LogP contribution in [0.4, 0.5) is 8.78 Å². The second-order valence-electron chi connectivity index (χ2n) is 6.07. The number of nitrogens with zero attached hydrogens (tertiary/aromatic N) is 1. The minimum absolute atomic E-state index is 0.240. The molecule has 0 aromatic heterocycles. The molecule has 1 aliphatic rings. The highest BCUT2D eigenvalue weighted by atomic mass is 19.2. The number of likely N-dealkylation sites (tertiary alicyclic amines) is 1. The van der Waals surface area contributed by atoms with E-state index in [9.17, 15) is 8.78 Å². The summed E-state index contributed by atoms with van der Waals surface area (Å²) < 4.78 is 27.6. The summed E-state index contributed by atoms with van der Waals surface area (Å²) in [6.07, 6.45) is 3.60. The van der Waals surface area contributed by atoms with E-state index in [2.05, 4.69) is 24.1 Å². The Bertz CT molecular complexity index is 454. The summed E-state index contributed by atoms with van der Waals surface area (Å²) in [6.45, 7) is 6.23. The Labute approximate surface area is 120 Å². The van der Waals surface area contributed by atoms with Crippen LogP contribution in [0.2, 0.25) is 0 Å². The second-order valence-corrected chi connectivity index (χ2v) is 6.07. The maximum absolute atomic E-state index is 14.1. The molecule has 0 radical (unpaired) electrons. The summed E-state index contributed by atoms with van der Waals surface area (Å²) >= 11 is 0. The van der Waals surface area contributed by atoms with Gasteiger partial charge in [-0.25, -0.2) is 8.78 Å². The third kappa shape index (κ3) is 2.86. The highest BCUT2D eigenvalue weighted by Crippen LogP contribution is 2.34. The molecule has 1 saturated heterocycles. The number of rotatable bonds is 4. The predicted octanol–water partition coefficient (Wildman–Crippen LogP) is 3.49. The number of hydrogen-bond donors (Lipinski definition) is 1. The van der Waals surface area contributed by atoms with Crippen molar-refractivity contribution in [2.75, 3.05) is 20.1 Å². The van der Waals surface area contributed by atoms with E-state index in [1.807, 2.05) is 0 Å². The van der Waals surface area contributed by atoms with Crippen LogP contribution in [0.3, 0.4) is 0 Å². The van der Waals surface area contributed by atoms with Gasteiger partial charge in [0.05, 0.1) is 6.04 Å². The third-order valence-corrected chi connectivity index (χ3v) is 4.46. The highest BCUT2D eigenvalue weighted by molar-refractivity contribution is 5.25. The zero-order chi connectivity index (χ0) is 14.8. The number of nitrogens with one attached hydrogen (secondary N) is 1. The molecule has 0 amide bonds. The van der Waals surface area contributed by atoms with E-state index in [1.54, 1.807) is 19.2 Å². The fourth-order valence-electron chi connectivity index (χ4n) is 3.29. The molecule has 20 heavy (non-hydrogen) atoms. The minimum Gasteiger partial charge on any atom is -0.311 e. The lowest BCUT2D eigenvalue weighted by molar-refractivity contribution is 0.0619. The average molecular weight is 282 g/mol. The molecule has 0 aliphatic carbocycles. The molecule has 1 aliphatic heterocycles. The number of hydrogen-bond acceptors (Lipinski definition) is 2. The van der Waals surface area contributed by atoms with Gasteiger partial charge < -0.3 is 5.32 Å². The lowest BCUT2D eigenvalue weighted by Gasteiger charge is -2.46. The summed E-state index contributed by atoms with van der Waals surface area (Å²) in [5.74, 6) is -1.52. The van der Waals surface area contributed by atoms with E-state index in [4.69, 9.17) is 0 Å². The first-order valence-corrected chi connectivity index (χ1v) is 7.34. The van der Waals surface area contributed by atoms with Crippen molar-refractivity contribution in [3.05, 3.63) is 35.4 Å². The molecule has 2 rings (SSSR count). The smallest absolute Gasteiger partial charge is 0.163 e. The number of benzene rings is 1. The molecule has 1 aromatic carbocycles. The molecule has 1 unspecified atom stereocenters. The SMILES string of the molecule is CNC(c1cccc(F)c1F)C(C)(C)N1CCCCC1. The quantitative estimate of drug-likeness (QED) is 0.909. The van der Waals surface area contributed by atoms with E-state index in [0.717, 1.165) is 13.1 Å². The Morgan fingerprint density at radius 1 is 1.15 bits per heavy atom. The van der Waals surface area contributed by atoms with Crippen molar-refractivity contribution in [1.29, 1.82) is 0 Å². The monoisotopic (exact) mass is 282 g/mol. The molecule has 1 atom stereocenters. The van der Waals surface area contributed by atoms with Gasteiger partial charge in [-0.1, -0.05) is 18.6 Å². The van der Waals surface area contributed by atoms with Gasteiger partial charge in [-0.05, 0) is 52.9 Å². The Morgan fingerprint density at radius 2 is 1.80 bits per heavy atom. The molecule has 0 bridgehead atoms. The van der Waals surface area contributed by atoms with Gasteiger partial charge in [0.25, 0.3) is 0 Å². The summed E-state index contributed by atoms with van der Waals surface area (Å²) in [5.41, 5.74) is 0.146. The zero-order valence-corrected chi connectivity index (χ0v) is 12.5. The molecular weight excluding hydrogens is 258 g/mol. The van der Waals surface area contributed by atoms with E-state index >= 15 is 0 Å². The van der Waals surface area contributed by atoms with Gasteiger partial charge in [-0.3, -0.25) is 4.90 Å². The lowest BCUT2D eigenvalue weighted by atomic mass is 9.85. The van der Waals surface area contributed by atoms with Gasteiger partial charge in [0.1, 0.15) is 0 Å². The van der Waals surface area contributed by atoms with Crippen molar-refractivity contribution in [2.24, 2.45) is 0 Å². The molecule has 4 heteroatoms. The van der Waals surface area contributed by atoms with Crippen molar-refractivity contribution in [1.82, 2.24) is 10.2 Å².